The number of rotatable bonds is 1. The predicted molar refractivity (Wildman–Crippen MR) is 89.6 cm³/mol. The molecule has 2 aromatic rings. The van der Waals surface area contributed by atoms with Gasteiger partial charge in [0.15, 0.2) is 5.17 Å². The summed E-state index contributed by atoms with van der Waals surface area (Å²) in [6, 6.07) is 19.7. The molecule has 0 saturated heterocycles. The second kappa shape index (κ2) is 5.57. The van der Waals surface area contributed by atoms with Crippen LogP contribution >= 0.6 is 11.8 Å². The zero-order valence-electron chi connectivity index (χ0n) is 11.9. The number of hydrogen-bond donors (Lipinski definition) is 0. The van der Waals surface area contributed by atoms with Gasteiger partial charge in [-0.25, -0.2) is 0 Å². The van der Waals surface area contributed by atoms with E-state index in [1.807, 2.05) is 11.8 Å². The van der Waals surface area contributed by atoms with E-state index in [1.54, 1.807) is 0 Å². The molecule has 0 fully saturated rings. The van der Waals surface area contributed by atoms with Crippen LogP contribution in [0.4, 0.5) is 0 Å². The maximum atomic E-state index is 4.78. The third-order valence-electron chi connectivity index (χ3n) is 4.13. The van der Waals surface area contributed by atoms with Gasteiger partial charge in [-0.1, -0.05) is 66.4 Å². The van der Waals surface area contributed by atoms with E-state index >= 15 is 0 Å². The van der Waals surface area contributed by atoms with Crippen LogP contribution in [0.3, 0.4) is 0 Å². The molecular formula is C18H18N2S. The lowest BCUT2D eigenvalue weighted by Gasteiger charge is -2.27. The van der Waals surface area contributed by atoms with Crippen molar-refractivity contribution in [3.63, 3.8) is 0 Å². The molecule has 2 heterocycles. The molecule has 2 nitrogen and oxygen atoms in total. The zero-order valence-corrected chi connectivity index (χ0v) is 12.7. The van der Waals surface area contributed by atoms with E-state index in [2.05, 4.69) is 59.5 Å². The summed E-state index contributed by atoms with van der Waals surface area (Å²) in [4.78, 5) is 7.22. The van der Waals surface area contributed by atoms with Crippen molar-refractivity contribution in [2.45, 2.75) is 18.2 Å². The second-order valence-corrected chi connectivity index (χ2v) is 6.62. The van der Waals surface area contributed by atoms with Crippen LogP contribution in [0.2, 0.25) is 0 Å². The molecule has 0 spiro atoms. The van der Waals surface area contributed by atoms with Crippen LogP contribution in [0.1, 0.15) is 28.4 Å². The molecule has 0 saturated carbocycles. The Morgan fingerprint density at radius 1 is 1.00 bits per heavy atom. The van der Waals surface area contributed by atoms with E-state index in [0.29, 0.717) is 5.25 Å². The standard InChI is InChI=1S/C18H18N2S/c1-2-7-14(8-3-1)17-16-10-5-4-9-15(16)13-20-12-6-11-19-18(20)21-17/h1-5,7-10,17H,6,11-13H2/t17-/m1/s1. The summed E-state index contributed by atoms with van der Waals surface area (Å²) in [5.41, 5.74) is 4.24. The molecule has 0 radical (unpaired) electrons. The third-order valence-corrected chi connectivity index (χ3v) is 5.49. The number of amidine groups is 1. The first-order chi connectivity index (χ1) is 10.4. The molecule has 0 aliphatic carbocycles. The summed E-state index contributed by atoms with van der Waals surface area (Å²) < 4.78 is 0. The normalized spacial score (nSPS) is 21.0. The highest BCUT2D eigenvalue weighted by molar-refractivity contribution is 8.14. The first kappa shape index (κ1) is 13.0. The van der Waals surface area contributed by atoms with Gasteiger partial charge >= 0.3 is 0 Å². The summed E-state index contributed by atoms with van der Waals surface area (Å²) in [5.74, 6) is 0. The Kier molecular flexibility index (Phi) is 3.44. The molecule has 21 heavy (non-hydrogen) atoms. The van der Waals surface area contributed by atoms with E-state index in [4.69, 9.17) is 4.99 Å². The first-order valence-corrected chi connectivity index (χ1v) is 8.38. The fourth-order valence-corrected chi connectivity index (χ4v) is 4.41. The number of aliphatic imine (C=N–C) groups is 1. The van der Waals surface area contributed by atoms with Crippen LogP contribution < -0.4 is 0 Å². The summed E-state index contributed by atoms with van der Waals surface area (Å²) in [6.45, 7) is 3.09. The monoisotopic (exact) mass is 294 g/mol. The molecule has 106 valence electrons. The van der Waals surface area contributed by atoms with Gasteiger partial charge in [-0.15, -0.1) is 0 Å². The largest absolute Gasteiger partial charge is 0.347 e. The topological polar surface area (TPSA) is 15.6 Å². The van der Waals surface area contributed by atoms with Crippen LogP contribution in [0.5, 0.6) is 0 Å². The van der Waals surface area contributed by atoms with Gasteiger partial charge in [-0.3, -0.25) is 4.99 Å². The van der Waals surface area contributed by atoms with Gasteiger partial charge in [-0.05, 0) is 23.1 Å². The Hall–Kier alpha value is -1.74. The van der Waals surface area contributed by atoms with Crippen LogP contribution in [-0.4, -0.2) is 23.2 Å². The number of benzene rings is 2. The van der Waals surface area contributed by atoms with Crippen LogP contribution in [0.15, 0.2) is 59.6 Å². The zero-order chi connectivity index (χ0) is 14.1. The average Bonchev–Trinajstić information content (AvgIpc) is 2.72. The minimum Gasteiger partial charge on any atom is -0.347 e. The molecule has 0 aromatic heterocycles. The lowest BCUT2D eigenvalue weighted by molar-refractivity contribution is 0.397. The van der Waals surface area contributed by atoms with Gasteiger partial charge in [0.2, 0.25) is 0 Å². The Balaban J connectivity index is 1.83. The molecule has 0 amide bonds. The van der Waals surface area contributed by atoms with Crippen molar-refractivity contribution in [1.29, 1.82) is 0 Å². The minimum atomic E-state index is 0.351. The molecule has 0 unspecified atom stereocenters. The Morgan fingerprint density at radius 3 is 2.71 bits per heavy atom. The summed E-state index contributed by atoms with van der Waals surface area (Å²) in [5, 5.41) is 1.57. The van der Waals surface area contributed by atoms with E-state index in [-0.39, 0.29) is 0 Å². The summed E-state index contributed by atoms with van der Waals surface area (Å²) in [7, 11) is 0. The average molecular weight is 294 g/mol. The van der Waals surface area contributed by atoms with Crippen molar-refractivity contribution in [2.24, 2.45) is 4.99 Å². The highest BCUT2D eigenvalue weighted by Crippen LogP contribution is 2.42. The van der Waals surface area contributed by atoms with E-state index in [9.17, 15) is 0 Å². The predicted octanol–water partition coefficient (Wildman–Crippen LogP) is 4.08. The van der Waals surface area contributed by atoms with Crippen LogP contribution in [-0.2, 0) is 6.54 Å². The lowest BCUT2D eigenvalue weighted by atomic mass is 9.99. The molecular weight excluding hydrogens is 276 g/mol. The van der Waals surface area contributed by atoms with Gasteiger partial charge in [0.1, 0.15) is 0 Å². The number of nitrogens with zero attached hydrogens (tertiary/aromatic N) is 2. The number of hydrogen-bond acceptors (Lipinski definition) is 3. The second-order valence-electron chi connectivity index (χ2n) is 5.55. The Morgan fingerprint density at radius 2 is 1.81 bits per heavy atom. The molecule has 3 heteroatoms. The molecule has 2 aliphatic rings. The lowest BCUT2D eigenvalue weighted by Crippen LogP contribution is -2.32. The fourth-order valence-electron chi connectivity index (χ4n) is 3.07. The Labute approximate surface area is 129 Å². The highest BCUT2D eigenvalue weighted by atomic mass is 32.2. The molecule has 0 bridgehead atoms. The van der Waals surface area contributed by atoms with E-state index in [1.165, 1.54) is 28.3 Å². The van der Waals surface area contributed by atoms with Gasteiger partial charge < -0.3 is 4.90 Å². The van der Waals surface area contributed by atoms with Crippen molar-refractivity contribution in [3.05, 3.63) is 71.3 Å². The highest BCUT2D eigenvalue weighted by Gasteiger charge is 2.28. The van der Waals surface area contributed by atoms with Crippen LogP contribution in [0, 0.1) is 0 Å². The first-order valence-electron chi connectivity index (χ1n) is 7.50. The van der Waals surface area contributed by atoms with E-state index in [0.717, 1.165) is 19.6 Å². The van der Waals surface area contributed by atoms with Crippen molar-refractivity contribution in [2.75, 3.05) is 13.1 Å². The molecule has 2 aromatic carbocycles. The van der Waals surface area contributed by atoms with Crippen molar-refractivity contribution in [3.8, 4) is 0 Å². The maximum absolute atomic E-state index is 4.78. The summed E-state index contributed by atoms with van der Waals surface area (Å²) in [6.07, 6.45) is 1.17. The van der Waals surface area contributed by atoms with Gasteiger partial charge in [-0.2, -0.15) is 0 Å². The number of fused-ring (bicyclic) bond motifs is 2. The summed E-state index contributed by atoms with van der Waals surface area (Å²) >= 11 is 1.91. The van der Waals surface area contributed by atoms with Gasteiger partial charge in [0.05, 0.1) is 5.25 Å². The van der Waals surface area contributed by atoms with Gasteiger partial charge in [0, 0.05) is 19.6 Å². The third kappa shape index (κ3) is 2.46. The minimum absolute atomic E-state index is 0.351. The van der Waals surface area contributed by atoms with E-state index < -0.39 is 0 Å². The molecule has 0 N–H and O–H groups in total. The van der Waals surface area contributed by atoms with Gasteiger partial charge in [0.25, 0.3) is 0 Å². The van der Waals surface area contributed by atoms with Crippen molar-refractivity contribution in [1.82, 2.24) is 4.90 Å². The molecule has 4 rings (SSSR count). The van der Waals surface area contributed by atoms with Crippen molar-refractivity contribution < 1.29 is 0 Å². The molecule has 1 atom stereocenters. The Bertz CT molecular complexity index is 666. The quantitative estimate of drug-likeness (QED) is 0.787. The maximum Gasteiger partial charge on any atom is 0.160 e. The fraction of sp³-hybridized carbons (Fsp3) is 0.278. The smallest absolute Gasteiger partial charge is 0.160 e. The van der Waals surface area contributed by atoms with Crippen LogP contribution in [0.25, 0.3) is 0 Å². The SMILES string of the molecule is c1ccc([C@H]2SC3=NCCCN3Cc3ccccc32)cc1. The molecule has 2 aliphatic heterocycles. The van der Waals surface area contributed by atoms with Crippen molar-refractivity contribution >= 4 is 16.9 Å². The number of thioether (sulfide) groups is 1.